The summed E-state index contributed by atoms with van der Waals surface area (Å²) in [5, 5.41) is 3.43. The second-order valence-electron chi connectivity index (χ2n) is 7.48. The van der Waals surface area contributed by atoms with Gasteiger partial charge in [-0.3, -0.25) is 0 Å². The second-order valence-corrected chi connectivity index (χ2v) is 7.48. The first-order valence-corrected chi connectivity index (χ1v) is 8.18. The molecule has 0 spiro atoms. The SMILES string of the molecule is c1oc2c(c1C1C3CC4CC(C3)CC1C4)CCNC2. The van der Waals surface area contributed by atoms with Gasteiger partial charge in [0, 0.05) is 0 Å². The van der Waals surface area contributed by atoms with Gasteiger partial charge in [0.2, 0.25) is 0 Å². The van der Waals surface area contributed by atoms with E-state index in [-0.39, 0.29) is 0 Å². The van der Waals surface area contributed by atoms with E-state index in [1.165, 1.54) is 37.9 Å². The monoisotopic (exact) mass is 257 g/mol. The van der Waals surface area contributed by atoms with E-state index >= 15 is 0 Å². The summed E-state index contributed by atoms with van der Waals surface area (Å²) in [4.78, 5) is 0. The molecule has 0 saturated heterocycles. The van der Waals surface area contributed by atoms with E-state index in [0.29, 0.717) is 0 Å². The zero-order chi connectivity index (χ0) is 12.4. The van der Waals surface area contributed by atoms with Gasteiger partial charge in [0.25, 0.3) is 0 Å². The summed E-state index contributed by atoms with van der Waals surface area (Å²) in [6.45, 7) is 2.08. The molecule has 4 fully saturated rings. The topological polar surface area (TPSA) is 25.2 Å². The van der Waals surface area contributed by atoms with Crippen molar-refractivity contribution in [3.63, 3.8) is 0 Å². The Bertz CT molecular complexity index is 475. The van der Waals surface area contributed by atoms with E-state index in [1.807, 2.05) is 0 Å². The lowest BCUT2D eigenvalue weighted by molar-refractivity contribution is -0.00320. The molecule has 4 bridgehead atoms. The maximum Gasteiger partial charge on any atom is 0.121 e. The Morgan fingerprint density at radius 1 is 1.00 bits per heavy atom. The Hall–Kier alpha value is -0.760. The van der Waals surface area contributed by atoms with Crippen LogP contribution in [0.2, 0.25) is 0 Å². The molecular formula is C17H23NO. The summed E-state index contributed by atoms with van der Waals surface area (Å²) in [5.41, 5.74) is 3.20. The maximum absolute atomic E-state index is 5.88. The van der Waals surface area contributed by atoms with Crippen molar-refractivity contribution in [1.29, 1.82) is 0 Å². The van der Waals surface area contributed by atoms with Crippen molar-refractivity contribution in [3.8, 4) is 0 Å². The lowest BCUT2D eigenvalue weighted by atomic mass is 9.50. The predicted molar refractivity (Wildman–Crippen MR) is 73.9 cm³/mol. The molecule has 1 aromatic rings. The molecule has 2 nitrogen and oxygen atoms in total. The van der Waals surface area contributed by atoms with E-state index < -0.39 is 0 Å². The van der Waals surface area contributed by atoms with E-state index in [0.717, 1.165) is 42.7 Å². The van der Waals surface area contributed by atoms with Crippen molar-refractivity contribution in [1.82, 2.24) is 5.32 Å². The summed E-state index contributed by atoms with van der Waals surface area (Å²) >= 11 is 0. The Kier molecular flexibility index (Phi) is 2.24. The van der Waals surface area contributed by atoms with Crippen LogP contribution in [0.3, 0.4) is 0 Å². The smallest absolute Gasteiger partial charge is 0.121 e. The zero-order valence-electron chi connectivity index (χ0n) is 11.5. The molecule has 0 amide bonds. The van der Waals surface area contributed by atoms with Crippen molar-refractivity contribution in [2.75, 3.05) is 6.54 Å². The normalized spacial score (nSPS) is 43.5. The molecule has 4 aliphatic carbocycles. The molecule has 0 unspecified atom stereocenters. The van der Waals surface area contributed by atoms with Crippen LogP contribution in [0.25, 0.3) is 0 Å². The molecule has 0 atom stereocenters. The van der Waals surface area contributed by atoms with Gasteiger partial charge in [0.15, 0.2) is 0 Å². The van der Waals surface area contributed by atoms with Gasteiger partial charge in [-0.05, 0) is 85.8 Å². The maximum atomic E-state index is 5.88. The van der Waals surface area contributed by atoms with Gasteiger partial charge in [-0.1, -0.05) is 0 Å². The molecular weight excluding hydrogens is 234 g/mol. The van der Waals surface area contributed by atoms with E-state index in [4.69, 9.17) is 4.42 Å². The van der Waals surface area contributed by atoms with Crippen molar-refractivity contribution in [2.45, 2.75) is 51.0 Å². The van der Waals surface area contributed by atoms with Crippen LogP contribution in [0.1, 0.15) is 54.9 Å². The first-order valence-electron chi connectivity index (χ1n) is 8.18. The molecule has 102 valence electrons. The number of hydrogen-bond acceptors (Lipinski definition) is 2. The van der Waals surface area contributed by atoms with Crippen LogP contribution in [0.5, 0.6) is 0 Å². The van der Waals surface area contributed by atoms with Crippen molar-refractivity contribution >= 4 is 0 Å². The molecule has 2 heteroatoms. The van der Waals surface area contributed by atoms with Crippen LogP contribution in [0.4, 0.5) is 0 Å². The van der Waals surface area contributed by atoms with Crippen LogP contribution in [0, 0.1) is 23.7 Å². The fourth-order valence-electron chi connectivity index (χ4n) is 6.00. The van der Waals surface area contributed by atoms with Crippen molar-refractivity contribution in [2.24, 2.45) is 23.7 Å². The van der Waals surface area contributed by atoms with Crippen LogP contribution in [0.15, 0.2) is 10.7 Å². The second kappa shape index (κ2) is 3.88. The number of rotatable bonds is 1. The Morgan fingerprint density at radius 2 is 1.74 bits per heavy atom. The minimum Gasteiger partial charge on any atom is -0.467 e. The number of furan rings is 1. The van der Waals surface area contributed by atoms with Gasteiger partial charge < -0.3 is 9.73 Å². The third kappa shape index (κ3) is 1.53. The largest absolute Gasteiger partial charge is 0.467 e. The first-order chi connectivity index (χ1) is 9.38. The van der Waals surface area contributed by atoms with Gasteiger partial charge in [0.1, 0.15) is 5.76 Å². The van der Waals surface area contributed by atoms with Gasteiger partial charge in [0.05, 0.1) is 12.8 Å². The van der Waals surface area contributed by atoms with Gasteiger partial charge >= 0.3 is 0 Å². The highest BCUT2D eigenvalue weighted by Crippen LogP contribution is 2.60. The molecule has 1 aromatic heterocycles. The van der Waals surface area contributed by atoms with Crippen LogP contribution < -0.4 is 5.32 Å². The number of nitrogens with one attached hydrogen (secondary N) is 1. The molecule has 1 aliphatic heterocycles. The molecule has 5 aliphatic rings. The Labute approximate surface area is 114 Å². The molecule has 2 heterocycles. The minimum absolute atomic E-state index is 0.846. The fourth-order valence-corrected chi connectivity index (χ4v) is 6.00. The van der Waals surface area contributed by atoms with Gasteiger partial charge in [-0.25, -0.2) is 0 Å². The standard InChI is InChI=1S/C17H23NO/c1-2-18-8-16-14(1)15(9-19-16)17-12-4-10-3-11(6-12)7-13(17)5-10/h9-13,17-18H,1-8H2. The lowest BCUT2D eigenvalue weighted by Gasteiger charge is -2.54. The first kappa shape index (κ1) is 11.0. The predicted octanol–water partition coefficient (Wildman–Crippen LogP) is 3.47. The van der Waals surface area contributed by atoms with E-state index in [1.54, 1.807) is 17.5 Å². The molecule has 4 saturated carbocycles. The van der Waals surface area contributed by atoms with Crippen LogP contribution in [-0.4, -0.2) is 6.54 Å². The molecule has 19 heavy (non-hydrogen) atoms. The van der Waals surface area contributed by atoms with Crippen LogP contribution >= 0.6 is 0 Å². The Balaban J connectivity index is 1.54. The number of hydrogen-bond donors (Lipinski definition) is 1. The quantitative estimate of drug-likeness (QED) is 0.833. The Morgan fingerprint density at radius 3 is 2.47 bits per heavy atom. The van der Waals surface area contributed by atoms with E-state index in [2.05, 4.69) is 11.6 Å². The fraction of sp³-hybridized carbons (Fsp3) is 0.765. The number of fused-ring (bicyclic) bond motifs is 1. The highest BCUT2D eigenvalue weighted by molar-refractivity contribution is 5.35. The minimum atomic E-state index is 0.846. The average Bonchev–Trinajstić information content (AvgIpc) is 2.82. The summed E-state index contributed by atoms with van der Waals surface area (Å²) in [7, 11) is 0. The molecule has 1 N–H and O–H groups in total. The summed E-state index contributed by atoms with van der Waals surface area (Å²) in [5.74, 6) is 6.18. The van der Waals surface area contributed by atoms with Crippen molar-refractivity contribution in [3.05, 3.63) is 23.2 Å². The van der Waals surface area contributed by atoms with E-state index in [9.17, 15) is 0 Å². The van der Waals surface area contributed by atoms with Crippen LogP contribution in [-0.2, 0) is 13.0 Å². The van der Waals surface area contributed by atoms with Gasteiger partial charge in [-0.15, -0.1) is 0 Å². The summed E-state index contributed by atoms with van der Waals surface area (Å²) in [6.07, 6.45) is 10.9. The zero-order valence-corrected chi connectivity index (χ0v) is 11.5. The summed E-state index contributed by atoms with van der Waals surface area (Å²) in [6, 6.07) is 0. The molecule has 6 rings (SSSR count). The lowest BCUT2D eigenvalue weighted by Crippen LogP contribution is -2.44. The third-order valence-corrected chi connectivity index (χ3v) is 6.44. The highest BCUT2D eigenvalue weighted by atomic mass is 16.3. The molecule has 0 aromatic carbocycles. The average molecular weight is 257 g/mol. The summed E-state index contributed by atoms with van der Waals surface area (Å²) < 4.78 is 5.88. The van der Waals surface area contributed by atoms with Crippen molar-refractivity contribution < 1.29 is 4.42 Å². The molecule has 0 radical (unpaired) electrons. The van der Waals surface area contributed by atoms with Gasteiger partial charge in [-0.2, -0.15) is 0 Å². The highest BCUT2D eigenvalue weighted by Gasteiger charge is 2.49. The third-order valence-electron chi connectivity index (χ3n) is 6.44.